The molecule has 4 unspecified atom stereocenters. The third-order valence-corrected chi connectivity index (χ3v) is 10.0. The smallest absolute Gasteiger partial charge is 0.251 e. The van der Waals surface area contributed by atoms with Crippen LogP contribution in [0.15, 0.2) is 12.1 Å². The Labute approximate surface area is 246 Å². The molecule has 4 fully saturated rings. The number of piperidine rings is 1. The van der Waals surface area contributed by atoms with E-state index in [1.54, 1.807) is 0 Å². The molecule has 3 heterocycles. The highest BCUT2D eigenvalue weighted by atomic mass is 16.5. The maximum Gasteiger partial charge on any atom is 0.251 e. The van der Waals surface area contributed by atoms with Gasteiger partial charge in [0.25, 0.3) is 5.91 Å². The SMILES string of the molecule is Cc1c(C(=O)NCC2C(=O)NC(C)CC2C)cc(C2CNN(CCN3CCOCC3)C2)cc1N(C)C1CCCCC1. The molecule has 4 atom stereocenters. The quantitative estimate of drug-likeness (QED) is 0.422. The Balaban J connectivity index is 1.32. The van der Waals surface area contributed by atoms with Gasteiger partial charge in [-0.1, -0.05) is 26.2 Å². The number of nitrogens with zero attached hydrogens (tertiary/aromatic N) is 3. The van der Waals surface area contributed by atoms with Gasteiger partial charge in [-0.25, -0.2) is 5.01 Å². The van der Waals surface area contributed by atoms with Gasteiger partial charge in [0.2, 0.25) is 5.91 Å². The number of morpholine rings is 1. The zero-order chi connectivity index (χ0) is 28.9. The van der Waals surface area contributed by atoms with Crippen molar-refractivity contribution in [3.05, 3.63) is 28.8 Å². The lowest BCUT2D eigenvalue weighted by Crippen LogP contribution is -2.50. The number of benzene rings is 1. The van der Waals surface area contributed by atoms with Gasteiger partial charge in [0.05, 0.1) is 19.1 Å². The monoisotopic (exact) mass is 568 g/mol. The van der Waals surface area contributed by atoms with Crippen LogP contribution in [-0.2, 0) is 9.53 Å². The standard InChI is InChI=1S/C32H52N6O3/c1-22-16-23(2)35-32(40)29(22)20-33-31(39)28-17-25(18-30(24(28)3)36(4)27-8-6-5-7-9-27)26-19-34-38(21-26)11-10-37-12-14-41-15-13-37/h17-18,22-23,26-27,29,34H,5-16,19-21H2,1-4H3,(H,33,39)(H,35,40). The van der Waals surface area contributed by atoms with Crippen LogP contribution in [0, 0.1) is 18.8 Å². The number of rotatable bonds is 9. The molecular formula is C32H52N6O3. The first kappa shape index (κ1) is 30.3. The fourth-order valence-electron chi connectivity index (χ4n) is 7.32. The highest BCUT2D eigenvalue weighted by Gasteiger charge is 2.33. The fraction of sp³-hybridized carbons (Fsp3) is 0.750. The average Bonchev–Trinajstić information content (AvgIpc) is 3.45. The van der Waals surface area contributed by atoms with E-state index in [4.69, 9.17) is 4.74 Å². The number of carbonyl (C=O) groups is 2. The van der Waals surface area contributed by atoms with E-state index in [2.05, 4.69) is 63.9 Å². The second-order valence-electron chi connectivity index (χ2n) is 13.0. The maximum absolute atomic E-state index is 13.7. The van der Waals surface area contributed by atoms with Gasteiger partial charge in [-0.05, 0) is 62.3 Å². The van der Waals surface area contributed by atoms with Crippen LogP contribution in [0.25, 0.3) is 0 Å². The van der Waals surface area contributed by atoms with Crippen molar-refractivity contribution in [1.82, 2.24) is 26.0 Å². The van der Waals surface area contributed by atoms with Gasteiger partial charge in [-0.3, -0.25) is 19.9 Å². The molecule has 3 aliphatic heterocycles. The Morgan fingerprint density at radius 2 is 1.88 bits per heavy atom. The lowest BCUT2D eigenvalue weighted by Gasteiger charge is -2.35. The van der Waals surface area contributed by atoms with Crippen LogP contribution in [0.2, 0.25) is 0 Å². The molecule has 0 bridgehead atoms. The third-order valence-electron chi connectivity index (χ3n) is 10.0. The summed E-state index contributed by atoms with van der Waals surface area (Å²) in [6.45, 7) is 14.1. The van der Waals surface area contributed by atoms with Crippen molar-refractivity contribution in [3.8, 4) is 0 Å². The molecule has 228 valence electrons. The lowest BCUT2D eigenvalue weighted by molar-refractivity contribution is -0.129. The van der Waals surface area contributed by atoms with E-state index in [9.17, 15) is 9.59 Å². The molecule has 4 aliphatic rings. The first-order valence-electron chi connectivity index (χ1n) is 16.0. The number of carbonyl (C=O) groups excluding carboxylic acids is 2. The second-order valence-corrected chi connectivity index (χ2v) is 13.0. The zero-order valence-corrected chi connectivity index (χ0v) is 25.7. The summed E-state index contributed by atoms with van der Waals surface area (Å²) in [7, 11) is 2.21. The number of hydrogen-bond donors (Lipinski definition) is 3. The Hall–Kier alpha value is -2.20. The molecule has 1 aliphatic carbocycles. The minimum Gasteiger partial charge on any atom is -0.379 e. The first-order valence-corrected chi connectivity index (χ1v) is 16.0. The molecule has 2 amide bonds. The summed E-state index contributed by atoms with van der Waals surface area (Å²) in [4.78, 5) is 31.3. The molecule has 0 spiro atoms. The second kappa shape index (κ2) is 13.8. The Morgan fingerprint density at radius 3 is 2.61 bits per heavy atom. The molecular weight excluding hydrogens is 516 g/mol. The lowest BCUT2D eigenvalue weighted by atomic mass is 9.84. The van der Waals surface area contributed by atoms with Gasteiger partial charge >= 0.3 is 0 Å². The third kappa shape index (κ3) is 7.42. The van der Waals surface area contributed by atoms with E-state index in [-0.39, 0.29) is 29.7 Å². The van der Waals surface area contributed by atoms with Crippen LogP contribution >= 0.6 is 0 Å². The number of hydrazine groups is 1. The molecule has 1 aromatic rings. The largest absolute Gasteiger partial charge is 0.379 e. The molecule has 5 rings (SSSR count). The van der Waals surface area contributed by atoms with Crippen LogP contribution < -0.4 is 21.0 Å². The highest BCUT2D eigenvalue weighted by molar-refractivity contribution is 5.97. The van der Waals surface area contributed by atoms with E-state index in [0.29, 0.717) is 18.5 Å². The summed E-state index contributed by atoms with van der Waals surface area (Å²) >= 11 is 0. The summed E-state index contributed by atoms with van der Waals surface area (Å²) in [6.07, 6.45) is 7.20. The number of nitrogens with one attached hydrogen (secondary N) is 3. The Bertz CT molecular complexity index is 1050. The van der Waals surface area contributed by atoms with Crippen molar-refractivity contribution in [2.75, 3.05) is 71.0 Å². The highest BCUT2D eigenvalue weighted by Crippen LogP contribution is 2.34. The molecule has 1 aromatic carbocycles. The van der Waals surface area contributed by atoms with Gasteiger partial charge < -0.3 is 20.3 Å². The maximum atomic E-state index is 13.7. The topological polar surface area (TPSA) is 89.2 Å². The zero-order valence-electron chi connectivity index (χ0n) is 25.7. The molecule has 0 radical (unpaired) electrons. The van der Waals surface area contributed by atoms with Crippen molar-refractivity contribution in [1.29, 1.82) is 0 Å². The van der Waals surface area contributed by atoms with Gasteiger partial charge in [-0.15, -0.1) is 0 Å². The summed E-state index contributed by atoms with van der Waals surface area (Å²) in [5.41, 5.74) is 7.78. The van der Waals surface area contributed by atoms with Gasteiger partial charge in [0, 0.05) is 82.1 Å². The van der Waals surface area contributed by atoms with Gasteiger partial charge in [-0.2, -0.15) is 0 Å². The van der Waals surface area contributed by atoms with E-state index < -0.39 is 0 Å². The van der Waals surface area contributed by atoms with Crippen LogP contribution in [0.1, 0.15) is 79.8 Å². The van der Waals surface area contributed by atoms with Crippen molar-refractivity contribution in [2.24, 2.45) is 11.8 Å². The van der Waals surface area contributed by atoms with Gasteiger partial charge in [0.1, 0.15) is 0 Å². The molecule has 3 saturated heterocycles. The number of ether oxygens (including phenoxy) is 1. The van der Waals surface area contributed by atoms with Crippen molar-refractivity contribution >= 4 is 17.5 Å². The van der Waals surface area contributed by atoms with E-state index in [0.717, 1.165) is 70.0 Å². The molecule has 3 N–H and O–H groups in total. The summed E-state index contributed by atoms with van der Waals surface area (Å²) < 4.78 is 5.50. The summed E-state index contributed by atoms with van der Waals surface area (Å²) in [5.74, 6) is 0.343. The molecule has 9 heteroatoms. The van der Waals surface area contributed by atoms with Crippen LogP contribution in [0.3, 0.4) is 0 Å². The van der Waals surface area contributed by atoms with Crippen LogP contribution in [0.4, 0.5) is 5.69 Å². The van der Waals surface area contributed by atoms with E-state index in [1.807, 2.05) is 6.92 Å². The minimum atomic E-state index is -0.193. The Kier molecular flexibility index (Phi) is 10.2. The minimum absolute atomic E-state index is 0.0499. The van der Waals surface area contributed by atoms with Crippen LogP contribution in [-0.4, -0.2) is 99.9 Å². The van der Waals surface area contributed by atoms with Crippen molar-refractivity contribution in [3.63, 3.8) is 0 Å². The predicted octanol–water partition coefficient (Wildman–Crippen LogP) is 2.89. The molecule has 41 heavy (non-hydrogen) atoms. The fourth-order valence-corrected chi connectivity index (χ4v) is 7.32. The van der Waals surface area contributed by atoms with Crippen molar-refractivity contribution < 1.29 is 14.3 Å². The van der Waals surface area contributed by atoms with Crippen LogP contribution in [0.5, 0.6) is 0 Å². The normalized spacial score (nSPS) is 28.4. The first-order chi connectivity index (χ1) is 19.8. The van der Waals surface area contributed by atoms with Gasteiger partial charge in [0.15, 0.2) is 0 Å². The Morgan fingerprint density at radius 1 is 1.12 bits per heavy atom. The average molecular weight is 569 g/mol. The number of anilines is 1. The summed E-state index contributed by atoms with van der Waals surface area (Å²) in [6, 6.07) is 5.16. The number of amides is 2. The van der Waals surface area contributed by atoms with E-state index in [1.165, 1.54) is 43.4 Å². The molecule has 9 nitrogen and oxygen atoms in total. The number of hydrogen-bond acceptors (Lipinski definition) is 7. The predicted molar refractivity (Wildman–Crippen MR) is 163 cm³/mol. The van der Waals surface area contributed by atoms with Crippen molar-refractivity contribution in [2.45, 2.75) is 77.3 Å². The molecule has 1 saturated carbocycles. The van der Waals surface area contributed by atoms with E-state index >= 15 is 0 Å². The summed E-state index contributed by atoms with van der Waals surface area (Å²) in [5, 5.41) is 8.55. The molecule has 0 aromatic heterocycles.